The van der Waals surface area contributed by atoms with Gasteiger partial charge in [0.25, 0.3) is 0 Å². The van der Waals surface area contributed by atoms with Crippen LogP contribution in [0, 0.1) is 0 Å². The summed E-state index contributed by atoms with van der Waals surface area (Å²) in [7, 11) is 1.47. The lowest BCUT2D eigenvalue weighted by Gasteiger charge is -2.13. The van der Waals surface area contributed by atoms with Gasteiger partial charge in [0.2, 0.25) is 5.91 Å². The van der Waals surface area contributed by atoms with Gasteiger partial charge in [-0.05, 0) is 18.2 Å². The quantitative estimate of drug-likeness (QED) is 0.732. The number of ether oxygens (including phenoxy) is 1. The second kappa shape index (κ2) is 7.22. The monoisotopic (exact) mass is 330 g/mol. The molecule has 1 aromatic rings. The second-order valence-electron chi connectivity index (χ2n) is 3.84. The summed E-state index contributed by atoms with van der Waals surface area (Å²) in [5.74, 6) is -1.46. The van der Waals surface area contributed by atoms with E-state index in [4.69, 9.17) is 15.6 Å². The van der Waals surface area contributed by atoms with E-state index in [-0.39, 0.29) is 36.2 Å². The van der Waals surface area contributed by atoms with Crippen molar-refractivity contribution in [2.24, 2.45) is 5.73 Å². The van der Waals surface area contributed by atoms with Crippen molar-refractivity contribution >= 4 is 33.5 Å². The van der Waals surface area contributed by atoms with E-state index in [0.29, 0.717) is 4.47 Å². The molecule has 7 heteroatoms. The normalized spacial score (nSPS) is 11.9. The molecule has 1 aromatic carbocycles. The number of carboxylic acid groups (broad SMARTS) is 1. The summed E-state index contributed by atoms with van der Waals surface area (Å²) in [6.07, 6.45) is -0.314. The molecule has 0 aliphatic carbocycles. The molecule has 1 rings (SSSR count). The summed E-state index contributed by atoms with van der Waals surface area (Å²) in [4.78, 5) is 22.8. The molecule has 0 bridgehead atoms. The molecule has 1 amide bonds. The predicted molar refractivity (Wildman–Crippen MR) is 74.2 cm³/mol. The zero-order valence-corrected chi connectivity index (χ0v) is 11.9. The lowest BCUT2D eigenvalue weighted by Crippen LogP contribution is -2.28. The highest BCUT2D eigenvalue weighted by molar-refractivity contribution is 9.10. The maximum absolute atomic E-state index is 11.7. The number of rotatable bonds is 6. The molecule has 0 heterocycles. The Balaban J connectivity index is 2.82. The number of hydrogen-bond donors (Lipinski definition) is 3. The van der Waals surface area contributed by atoms with Crippen molar-refractivity contribution in [1.82, 2.24) is 0 Å². The van der Waals surface area contributed by atoms with E-state index >= 15 is 0 Å². The van der Waals surface area contributed by atoms with Crippen LogP contribution in [-0.4, -0.2) is 36.7 Å². The molecule has 104 valence electrons. The highest BCUT2D eigenvalue weighted by atomic mass is 79.9. The topological polar surface area (TPSA) is 102 Å². The van der Waals surface area contributed by atoms with Gasteiger partial charge in [0.15, 0.2) is 0 Å². The minimum atomic E-state index is -1.11. The first-order chi connectivity index (χ1) is 8.97. The second-order valence-corrected chi connectivity index (χ2v) is 4.76. The molecule has 0 spiro atoms. The number of carbonyl (C=O) groups excluding carboxylic acids is 1. The van der Waals surface area contributed by atoms with E-state index in [0.717, 1.165) is 0 Å². The molecule has 0 saturated carbocycles. The van der Waals surface area contributed by atoms with Crippen LogP contribution in [0.2, 0.25) is 0 Å². The van der Waals surface area contributed by atoms with Crippen molar-refractivity contribution in [3.63, 3.8) is 0 Å². The third-order valence-electron chi connectivity index (χ3n) is 2.50. The number of benzene rings is 1. The summed E-state index contributed by atoms with van der Waals surface area (Å²) >= 11 is 3.18. The van der Waals surface area contributed by atoms with Crippen molar-refractivity contribution in [3.05, 3.63) is 28.2 Å². The number of anilines is 1. The van der Waals surface area contributed by atoms with E-state index in [1.165, 1.54) is 19.2 Å². The van der Waals surface area contributed by atoms with Gasteiger partial charge in [-0.15, -0.1) is 0 Å². The maximum atomic E-state index is 11.7. The van der Waals surface area contributed by atoms with E-state index in [9.17, 15) is 9.59 Å². The molecule has 0 aliphatic heterocycles. The van der Waals surface area contributed by atoms with Crippen LogP contribution in [0.5, 0.6) is 0 Å². The fourth-order valence-corrected chi connectivity index (χ4v) is 1.83. The molecule has 0 fully saturated rings. The van der Waals surface area contributed by atoms with Crippen LogP contribution >= 0.6 is 15.9 Å². The van der Waals surface area contributed by atoms with Gasteiger partial charge < -0.3 is 20.9 Å². The first kappa shape index (κ1) is 15.6. The molecule has 0 aliphatic rings. The largest absolute Gasteiger partial charge is 0.478 e. The highest BCUT2D eigenvalue weighted by Crippen LogP contribution is 2.21. The van der Waals surface area contributed by atoms with Gasteiger partial charge in [0, 0.05) is 18.1 Å². The van der Waals surface area contributed by atoms with E-state index in [2.05, 4.69) is 21.2 Å². The van der Waals surface area contributed by atoms with Crippen LogP contribution in [0.3, 0.4) is 0 Å². The van der Waals surface area contributed by atoms with Crippen LogP contribution in [0.25, 0.3) is 0 Å². The van der Waals surface area contributed by atoms with Gasteiger partial charge in [-0.2, -0.15) is 0 Å². The number of carboxylic acids is 1. The predicted octanol–water partition coefficient (Wildman–Crippen LogP) is 1.45. The molecule has 0 saturated heterocycles. The van der Waals surface area contributed by atoms with Gasteiger partial charge in [-0.3, -0.25) is 4.79 Å². The molecule has 1 unspecified atom stereocenters. The molecule has 4 N–H and O–H groups in total. The number of hydrogen-bond acceptors (Lipinski definition) is 4. The van der Waals surface area contributed by atoms with Crippen molar-refractivity contribution < 1.29 is 19.4 Å². The van der Waals surface area contributed by atoms with Gasteiger partial charge in [-0.1, -0.05) is 15.9 Å². The van der Waals surface area contributed by atoms with Gasteiger partial charge in [-0.25, -0.2) is 4.79 Å². The fourth-order valence-electron chi connectivity index (χ4n) is 1.47. The Kier molecular flexibility index (Phi) is 5.94. The van der Waals surface area contributed by atoms with Crippen molar-refractivity contribution in [3.8, 4) is 0 Å². The van der Waals surface area contributed by atoms with Crippen molar-refractivity contribution in [2.75, 3.05) is 19.0 Å². The average molecular weight is 331 g/mol. The molecule has 1 atom stereocenters. The number of nitrogens with two attached hydrogens (primary N) is 1. The van der Waals surface area contributed by atoms with Crippen LogP contribution < -0.4 is 11.1 Å². The summed E-state index contributed by atoms with van der Waals surface area (Å²) in [6, 6.07) is 4.60. The van der Waals surface area contributed by atoms with E-state index < -0.39 is 5.97 Å². The summed E-state index contributed by atoms with van der Waals surface area (Å²) in [5, 5.41) is 11.6. The average Bonchev–Trinajstić information content (AvgIpc) is 2.37. The van der Waals surface area contributed by atoms with Gasteiger partial charge in [0.05, 0.1) is 23.8 Å². The van der Waals surface area contributed by atoms with Crippen LogP contribution in [0.15, 0.2) is 22.7 Å². The lowest BCUT2D eigenvalue weighted by molar-refractivity contribution is -0.118. The smallest absolute Gasteiger partial charge is 0.337 e. The lowest BCUT2D eigenvalue weighted by atomic mass is 10.1. The van der Waals surface area contributed by atoms with E-state index in [1.807, 2.05) is 0 Å². The number of amides is 1. The van der Waals surface area contributed by atoms with Crippen LogP contribution in [0.4, 0.5) is 5.69 Å². The van der Waals surface area contributed by atoms with Crippen LogP contribution in [-0.2, 0) is 9.53 Å². The zero-order chi connectivity index (χ0) is 14.4. The van der Waals surface area contributed by atoms with Gasteiger partial charge >= 0.3 is 5.97 Å². The van der Waals surface area contributed by atoms with E-state index in [1.54, 1.807) is 6.07 Å². The van der Waals surface area contributed by atoms with Crippen molar-refractivity contribution in [2.45, 2.75) is 12.5 Å². The molecule has 0 radical (unpaired) electrons. The molecule has 6 nitrogen and oxygen atoms in total. The molecule has 19 heavy (non-hydrogen) atoms. The molecule has 0 aromatic heterocycles. The third kappa shape index (κ3) is 4.62. The fraction of sp³-hybridized carbons (Fsp3) is 0.333. The Morgan fingerprint density at radius 1 is 1.53 bits per heavy atom. The number of methoxy groups -OCH3 is 1. The maximum Gasteiger partial charge on any atom is 0.337 e. The van der Waals surface area contributed by atoms with Crippen molar-refractivity contribution in [1.29, 1.82) is 0 Å². The third-order valence-corrected chi connectivity index (χ3v) is 2.99. The molecular weight excluding hydrogens is 316 g/mol. The Bertz CT molecular complexity index is 475. The van der Waals surface area contributed by atoms with Gasteiger partial charge in [0.1, 0.15) is 0 Å². The van der Waals surface area contributed by atoms with Crippen LogP contribution in [0.1, 0.15) is 16.8 Å². The Morgan fingerprint density at radius 3 is 2.74 bits per heavy atom. The summed E-state index contributed by atoms with van der Waals surface area (Å²) in [6.45, 7) is 0.218. The Morgan fingerprint density at radius 2 is 2.21 bits per heavy atom. The SMILES string of the molecule is COC(CN)CC(=O)Nc1ccc(Br)cc1C(=O)O. The first-order valence-electron chi connectivity index (χ1n) is 5.53. The Labute approximate surface area is 119 Å². The summed E-state index contributed by atoms with van der Waals surface area (Å²) < 4.78 is 5.62. The number of carbonyl (C=O) groups is 2. The zero-order valence-electron chi connectivity index (χ0n) is 10.4. The summed E-state index contributed by atoms with van der Waals surface area (Å²) in [5.41, 5.74) is 5.68. The number of halogens is 1. The number of aromatic carboxylic acids is 1. The first-order valence-corrected chi connectivity index (χ1v) is 6.32. The molecular formula is C12H15BrN2O4. The minimum absolute atomic E-state index is 0.0180. The minimum Gasteiger partial charge on any atom is -0.478 e. The standard InChI is InChI=1S/C12H15BrN2O4/c1-19-8(6-14)5-11(16)15-10-3-2-7(13)4-9(10)12(17)18/h2-4,8H,5-6,14H2,1H3,(H,15,16)(H,17,18). The highest BCUT2D eigenvalue weighted by Gasteiger charge is 2.15. The Hall–Kier alpha value is -1.44. The number of nitrogens with one attached hydrogen (secondary N) is 1.